The molecule has 1 amide bonds. The summed E-state index contributed by atoms with van der Waals surface area (Å²) in [6.07, 6.45) is -2.61. The van der Waals surface area contributed by atoms with Crippen LogP contribution in [0.3, 0.4) is 0 Å². The highest BCUT2D eigenvalue weighted by molar-refractivity contribution is 5.94. The topological polar surface area (TPSA) is 64.2 Å². The van der Waals surface area contributed by atoms with Crippen LogP contribution >= 0.6 is 0 Å². The Hall–Kier alpha value is -2.35. The third-order valence-corrected chi connectivity index (χ3v) is 4.24. The Bertz CT molecular complexity index is 755. The van der Waals surface area contributed by atoms with Crippen LogP contribution in [0.25, 0.3) is 5.69 Å². The van der Waals surface area contributed by atoms with E-state index in [4.69, 9.17) is 5.73 Å². The largest absolute Gasteiger partial charge is 0.435 e. The summed E-state index contributed by atoms with van der Waals surface area (Å²) in [5.74, 6) is 0.107. The van der Waals surface area contributed by atoms with E-state index >= 15 is 0 Å². The Kier molecular flexibility index (Phi) is 6.07. The Morgan fingerprint density at radius 1 is 1.31 bits per heavy atom. The molecule has 1 aromatic carbocycles. The lowest BCUT2D eigenvalue weighted by atomic mass is 10.0. The number of amides is 1. The number of carbonyl (C=O) groups is 1. The number of alkyl halides is 3. The number of nitrogens with two attached hydrogens (primary N) is 1. The molecule has 0 spiro atoms. The zero-order chi connectivity index (χ0) is 19.5. The highest BCUT2D eigenvalue weighted by Crippen LogP contribution is 2.28. The minimum atomic E-state index is -4.51. The molecule has 8 heteroatoms. The van der Waals surface area contributed by atoms with E-state index in [9.17, 15) is 18.0 Å². The van der Waals surface area contributed by atoms with Crippen molar-refractivity contribution in [2.45, 2.75) is 32.5 Å². The van der Waals surface area contributed by atoms with Gasteiger partial charge in [-0.2, -0.15) is 18.3 Å². The number of nitrogens with zero attached hydrogens (tertiary/aromatic N) is 3. The van der Waals surface area contributed by atoms with Gasteiger partial charge in [-0.3, -0.25) is 4.79 Å². The summed E-state index contributed by atoms with van der Waals surface area (Å²) < 4.78 is 39.2. The van der Waals surface area contributed by atoms with Gasteiger partial charge in [-0.15, -0.1) is 0 Å². The van der Waals surface area contributed by atoms with Gasteiger partial charge in [0.1, 0.15) is 0 Å². The highest BCUT2D eigenvalue weighted by atomic mass is 19.4. The van der Waals surface area contributed by atoms with E-state index in [0.717, 1.165) is 10.7 Å². The molecule has 2 N–H and O–H groups in total. The molecule has 1 unspecified atom stereocenters. The summed E-state index contributed by atoms with van der Waals surface area (Å²) in [4.78, 5) is 14.1. The van der Waals surface area contributed by atoms with Crippen LogP contribution in [0, 0.1) is 5.92 Å². The summed E-state index contributed by atoms with van der Waals surface area (Å²) in [5, 5.41) is 3.53. The van der Waals surface area contributed by atoms with Gasteiger partial charge in [0.05, 0.1) is 5.69 Å². The van der Waals surface area contributed by atoms with Crippen molar-refractivity contribution in [3.05, 3.63) is 47.8 Å². The van der Waals surface area contributed by atoms with Crippen LogP contribution in [-0.4, -0.2) is 40.2 Å². The van der Waals surface area contributed by atoms with Crippen LogP contribution in [0.1, 0.15) is 36.3 Å². The smallest absolute Gasteiger partial charge is 0.342 e. The van der Waals surface area contributed by atoms with Crippen LogP contribution in [0.4, 0.5) is 13.2 Å². The van der Waals surface area contributed by atoms with Crippen molar-refractivity contribution in [3.8, 4) is 5.69 Å². The summed E-state index contributed by atoms with van der Waals surface area (Å²) in [5.41, 5.74) is 5.79. The van der Waals surface area contributed by atoms with Gasteiger partial charge in [0.15, 0.2) is 5.69 Å². The van der Waals surface area contributed by atoms with E-state index in [2.05, 4.69) is 5.10 Å². The average Bonchev–Trinajstić information content (AvgIpc) is 3.09. The molecule has 1 aromatic heterocycles. The molecule has 142 valence electrons. The lowest BCUT2D eigenvalue weighted by molar-refractivity contribution is -0.141. The standard InChI is InChI=1S/C18H23F3N4O/c1-12(2)15(22)7-9-24(3)17(26)13-5-4-6-14(11-13)25-10-8-16(23-25)18(19,20)21/h4-6,8,10-12,15H,7,9,22H2,1-3H3. The monoisotopic (exact) mass is 368 g/mol. The first-order chi connectivity index (χ1) is 12.1. The molecule has 0 fully saturated rings. The minimum Gasteiger partial charge on any atom is -0.342 e. The van der Waals surface area contributed by atoms with Crippen LogP contribution < -0.4 is 5.73 Å². The maximum Gasteiger partial charge on any atom is 0.435 e. The molecular formula is C18H23F3N4O. The molecule has 0 saturated carbocycles. The maximum absolute atomic E-state index is 12.7. The Labute approximate surface area is 150 Å². The normalized spacial score (nSPS) is 13.1. The minimum absolute atomic E-state index is 0.00134. The first kappa shape index (κ1) is 20.0. The van der Waals surface area contributed by atoms with Crippen molar-refractivity contribution < 1.29 is 18.0 Å². The predicted octanol–water partition coefficient (Wildman–Crippen LogP) is 3.34. The summed E-state index contributed by atoms with van der Waals surface area (Å²) in [6, 6.07) is 7.26. The van der Waals surface area contributed by atoms with E-state index in [0.29, 0.717) is 30.1 Å². The second-order valence-corrected chi connectivity index (χ2v) is 6.62. The number of hydrogen-bond donors (Lipinski definition) is 1. The Morgan fingerprint density at radius 3 is 2.58 bits per heavy atom. The van der Waals surface area contributed by atoms with Crippen molar-refractivity contribution in [2.75, 3.05) is 13.6 Å². The van der Waals surface area contributed by atoms with E-state index in [-0.39, 0.29) is 11.9 Å². The average molecular weight is 368 g/mol. The fourth-order valence-electron chi connectivity index (χ4n) is 2.40. The van der Waals surface area contributed by atoms with Gasteiger partial charge >= 0.3 is 6.18 Å². The van der Waals surface area contributed by atoms with Gasteiger partial charge < -0.3 is 10.6 Å². The van der Waals surface area contributed by atoms with Gasteiger partial charge in [0.2, 0.25) is 0 Å². The zero-order valence-electron chi connectivity index (χ0n) is 15.0. The van der Waals surface area contributed by atoms with E-state index < -0.39 is 11.9 Å². The number of benzene rings is 1. The van der Waals surface area contributed by atoms with Crippen LogP contribution in [0.15, 0.2) is 36.5 Å². The van der Waals surface area contributed by atoms with Gasteiger partial charge in [-0.25, -0.2) is 4.68 Å². The quantitative estimate of drug-likeness (QED) is 0.851. The van der Waals surface area contributed by atoms with Gasteiger partial charge in [0.25, 0.3) is 5.91 Å². The lowest BCUT2D eigenvalue weighted by Gasteiger charge is -2.21. The Balaban J connectivity index is 2.13. The molecule has 2 aromatic rings. The highest BCUT2D eigenvalue weighted by Gasteiger charge is 2.33. The van der Waals surface area contributed by atoms with E-state index in [1.165, 1.54) is 12.3 Å². The number of aromatic nitrogens is 2. The first-order valence-electron chi connectivity index (χ1n) is 8.34. The first-order valence-corrected chi connectivity index (χ1v) is 8.34. The molecule has 0 aliphatic rings. The number of carbonyl (C=O) groups excluding carboxylic acids is 1. The molecule has 26 heavy (non-hydrogen) atoms. The Morgan fingerprint density at radius 2 is 2.00 bits per heavy atom. The molecule has 0 bridgehead atoms. The molecule has 1 atom stereocenters. The van der Waals surface area contributed by atoms with Crippen LogP contribution in [0.2, 0.25) is 0 Å². The second kappa shape index (κ2) is 7.90. The fraction of sp³-hybridized carbons (Fsp3) is 0.444. The zero-order valence-corrected chi connectivity index (χ0v) is 15.0. The summed E-state index contributed by atoms with van der Waals surface area (Å²) in [6.45, 7) is 4.55. The lowest BCUT2D eigenvalue weighted by Crippen LogP contribution is -2.34. The fourth-order valence-corrected chi connectivity index (χ4v) is 2.40. The molecule has 5 nitrogen and oxygen atoms in total. The number of rotatable bonds is 6. The van der Waals surface area contributed by atoms with Crippen molar-refractivity contribution >= 4 is 5.91 Å². The van der Waals surface area contributed by atoms with Crippen LogP contribution in [0.5, 0.6) is 0 Å². The van der Waals surface area contributed by atoms with Gasteiger partial charge in [0, 0.05) is 31.4 Å². The number of halogens is 3. The van der Waals surface area contributed by atoms with E-state index in [1.807, 2.05) is 13.8 Å². The predicted molar refractivity (Wildman–Crippen MR) is 93.0 cm³/mol. The van der Waals surface area contributed by atoms with Crippen LogP contribution in [-0.2, 0) is 6.18 Å². The molecule has 1 heterocycles. The van der Waals surface area contributed by atoms with Gasteiger partial charge in [-0.1, -0.05) is 19.9 Å². The van der Waals surface area contributed by atoms with Gasteiger partial charge in [-0.05, 0) is 36.6 Å². The molecule has 0 radical (unpaired) electrons. The van der Waals surface area contributed by atoms with Crippen molar-refractivity contribution in [1.29, 1.82) is 0 Å². The summed E-state index contributed by atoms with van der Waals surface area (Å²) >= 11 is 0. The molecule has 0 aliphatic heterocycles. The van der Waals surface area contributed by atoms with Crippen molar-refractivity contribution in [1.82, 2.24) is 14.7 Å². The van der Waals surface area contributed by atoms with Crippen molar-refractivity contribution in [2.24, 2.45) is 11.7 Å². The number of hydrogen-bond acceptors (Lipinski definition) is 3. The third-order valence-electron chi connectivity index (χ3n) is 4.24. The molecular weight excluding hydrogens is 345 g/mol. The molecule has 2 rings (SSSR count). The summed E-state index contributed by atoms with van der Waals surface area (Å²) in [7, 11) is 1.68. The SMILES string of the molecule is CC(C)C(N)CCN(C)C(=O)c1cccc(-n2ccc(C(F)(F)F)n2)c1. The van der Waals surface area contributed by atoms with E-state index in [1.54, 1.807) is 30.1 Å². The van der Waals surface area contributed by atoms with Crippen molar-refractivity contribution in [3.63, 3.8) is 0 Å². The molecule has 0 saturated heterocycles. The maximum atomic E-state index is 12.7. The third kappa shape index (κ3) is 4.85. The second-order valence-electron chi connectivity index (χ2n) is 6.62. The molecule has 0 aliphatic carbocycles.